The second-order valence-electron chi connectivity index (χ2n) is 5.67. The lowest BCUT2D eigenvalue weighted by atomic mass is 10.2. The molecule has 1 fully saturated rings. The third-order valence-corrected chi connectivity index (χ3v) is 4.54. The Bertz CT molecular complexity index is 582. The molecule has 0 saturated carbocycles. The largest absolute Gasteiger partial charge is 0.332 e. The highest BCUT2D eigenvalue weighted by molar-refractivity contribution is 6.68. The minimum atomic E-state index is -1.68. The first-order valence-electron chi connectivity index (χ1n) is 7.65. The summed E-state index contributed by atoms with van der Waals surface area (Å²) >= 11 is 18.2. The molecule has 1 aromatic carbocycles. The molecule has 0 aromatic heterocycles. The van der Waals surface area contributed by atoms with Crippen LogP contribution in [0.4, 0.5) is 5.69 Å². The number of hydrogen-bond acceptors (Lipinski definition) is 4. The van der Waals surface area contributed by atoms with Crippen molar-refractivity contribution < 1.29 is 9.72 Å². The summed E-state index contributed by atoms with van der Waals surface area (Å²) in [5, 5.41) is 13.4. The molecular weight excluding hydrogens is 377 g/mol. The Kier molecular flexibility index (Phi) is 6.69. The Morgan fingerprint density at radius 1 is 1.12 bits per heavy atom. The molecule has 1 N–H and O–H groups in total. The molecule has 0 bridgehead atoms. The maximum absolute atomic E-state index is 12.4. The first-order valence-corrected chi connectivity index (χ1v) is 8.78. The van der Waals surface area contributed by atoms with Crippen molar-refractivity contribution in [3.8, 4) is 0 Å². The van der Waals surface area contributed by atoms with Crippen LogP contribution in [-0.2, 0) is 0 Å². The van der Waals surface area contributed by atoms with E-state index in [1.807, 2.05) is 4.90 Å². The zero-order valence-electron chi connectivity index (χ0n) is 12.9. The Morgan fingerprint density at radius 3 is 2.12 bits per heavy atom. The van der Waals surface area contributed by atoms with Crippen molar-refractivity contribution in [2.24, 2.45) is 0 Å². The van der Waals surface area contributed by atoms with Gasteiger partial charge >= 0.3 is 0 Å². The van der Waals surface area contributed by atoms with Crippen LogP contribution in [0.1, 0.15) is 36.0 Å². The highest BCUT2D eigenvalue weighted by atomic mass is 35.6. The minimum Gasteiger partial charge on any atom is -0.332 e. The summed E-state index contributed by atoms with van der Waals surface area (Å²) in [5.74, 6) is -0.439. The summed E-state index contributed by atoms with van der Waals surface area (Å²) in [6.07, 6.45) is 3.41. The summed E-state index contributed by atoms with van der Waals surface area (Å²) in [7, 11) is 0. The Labute approximate surface area is 155 Å². The molecule has 1 aliphatic heterocycles. The summed E-state index contributed by atoms with van der Waals surface area (Å²) in [4.78, 5) is 24.5. The van der Waals surface area contributed by atoms with E-state index >= 15 is 0 Å². The van der Waals surface area contributed by atoms with Gasteiger partial charge in [-0.05, 0) is 25.0 Å². The zero-order valence-corrected chi connectivity index (χ0v) is 15.2. The van der Waals surface area contributed by atoms with Gasteiger partial charge in [-0.1, -0.05) is 47.6 Å². The van der Waals surface area contributed by atoms with Gasteiger partial charge in [0.2, 0.25) is 3.79 Å². The van der Waals surface area contributed by atoms with Crippen LogP contribution in [0.3, 0.4) is 0 Å². The minimum absolute atomic E-state index is 0.0861. The van der Waals surface area contributed by atoms with E-state index in [2.05, 4.69) is 5.32 Å². The fraction of sp³-hybridized carbons (Fsp3) is 0.533. The molecule has 0 radical (unpaired) electrons. The van der Waals surface area contributed by atoms with Crippen molar-refractivity contribution in [3.05, 3.63) is 39.9 Å². The lowest BCUT2D eigenvalue weighted by Gasteiger charge is -2.35. The van der Waals surface area contributed by atoms with E-state index in [-0.39, 0.29) is 11.3 Å². The second kappa shape index (κ2) is 8.34. The molecule has 1 atom stereocenters. The standard InChI is InChI=1S/C15H18Cl3N3O3/c16-15(17,18)14(20-9-3-1-2-4-10-20)19-13(22)11-5-7-12(8-6-11)21(23)24/h5-8,14H,1-4,9-10H2,(H,19,22). The first kappa shape index (κ1) is 19.2. The summed E-state index contributed by atoms with van der Waals surface area (Å²) in [5.41, 5.74) is 0.187. The maximum atomic E-state index is 12.4. The van der Waals surface area contributed by atoms with Gasteiger partial charge in [0.1, 0.15) is 6.17 Å². The summed E-state index contributed by atoms with van der Waals surface area (Å²) in [6.45, 7) is 1.47. The molecule has 6 nitrogen and oxygen atoms in total. The molecule has 24 heavy (non-hydrogen) atoms. The molecule has 1 aliphatic rings. The molecule has 1 saturated heterocycles. The van der Waals surface area contributed by atoms with Gasteiger partial charge in [-0.15, -0.1) is 0 Å². The number of halogens is 3. The van der Waals surface area contributed by atoms with Crippen LogP contribution in [0.5, 0.6) is 0 Å². The number of nitrogens with one attached hydrogen (secondary N) is 1. The van der Waals surface area contributed by atoms with Crippen molar-refractivity contribution in [2.45, 2.75) is 35.6 Å². The highest BCUT2D eigenvalue weighted by Gasteiger charge is 2.38. The van der Waals surface area contributed by atoms with Crippen LogP contribution in [0, 0.1) is 10.1 Å². The Hall–Kier alpha value is -1.08. The van der Waals surface area contributed by atoms with E-state index in [9.17, 15) is 14.9 Å². The van der Waals surface area contributed by atoms with E-state index in [4.69, 9.17) is 34.8 Å². The van der Waals surface area contributed by atoms with Crippen molar-refractivity contribution in [2.75, 3.05) is 13.1 Å². The topological polar surface area (TPSA) is 75.5 Å². The number of nitrogens with zero attached hydrogens (tertiary/aromatic N) is 2. The van der Waals surface area contributed by atoms with Crippen molar-refractivity contribution in [3.63, 3.8) is 0 Å². The molecule has 132 valence electrons. The predicted molar refractivity (Wildman–Crippen MR) is 94.7 cm³/mol. The van der Waals surface area contributed by atoms with E-state index in [1.54, 1.807) is 0 Å². The molecule has 1 aromatic rings. The highest BCUT2D eigenvalue weighted by Crippen LogP contribution is 2.33. The quantitative estimate of drug-likeness (QED) is 0.477. The lowest BCUT2D eigenvalue weighted by Crippen LogP contribution is -2.55. The number of benzene rings is 1. The second-order valence-corrected chi connectivity index (χ2v) is 8.04. The van der Waals surface area contributed by atoms with Crippen LogP contribution in [-0.4, -0.2) is 38.8 Å². The molecule has 0 aliphatic carbocycles. The number of hydrogen-bond donors (Lipinski definition) is 1. The van der Waals surface area contributed by atoms with Gasteiger partial charge in [-0.2, -0.15) is 0 Å². The summed E-state index contributed by atoms with van der Waals surface area (Å²) in [6, 6.07) is 5.30. The van der Waals surface area contributed by atoms with Gasteiger partial charge in [0.15, 0.2) is 0 Å². The smallest absolute Gasteiger partial charge is 0.269 e. The number of carbonyl (C=O) groups is 1. The van der Waals surface area contributed by atoms with Gasteiger partial charge in [-0.3, -0.25) is 19.8 Å². The predicted octanol–water partition coefficient (Wildman–Crippen LogP) is 3.90. The SMILES string of the molecule is O=C(NC(N1CCCCCC1)C(Cl)(Cl)Cl)c1ccc([N+](=O)[O-])cc1. The zero-order chi connectivity index (χ0) is 17.7. The average molecular weight is 395 g/mol. The van der Waals surface area contributed by atoms with E-state index in [1.165, 1.54) is 24.3 Å². The van der Waals surface area contributed by atoms with Gasteiger partial charge in [0, 0.05) is 30.8 Å². The average Bonchev–Trinajstić information content (AvgIpc) is 2.80. The number of likely N-dealkylation sites (tertiary alicyclic amines) is 1. The number of nitro benzene ring substituents is 1. The molecule has 1 amide bonds. The molecular formula is C15H18Cl3N3O3. The number of amides is 1. The van der Waals surface area contributed by atoms with Gasteiger partial charge in [0.25, 0.3) is 11.6 Å². The molecule has 9 heteroatoms. The number of alkyl halides is 3. The van der Waals surface area contributed by atoms with Crippen LogP contribution in [0.2, 0.25) is 0 Å². The lowest BCUT2D eigenvalue weighted by molar-refractivity contribution is -0.384. The van der Waals surface area contributed by atoms with Crippen molar-refractivity contribution in [1.29, 1.82) is 0 Å². The van der Waals surface area contributed by atoms with Gasteiger partial charge in [0.05, 0.1) is 4.92 Å². The third-order valence-electron chi connectivity index (χ3n) is 3.92. The Balaban J connectivity index is 2.13. The summed E-state index contributed by atoms with van der Waals surface area (Å²) < 4.78 is -1.68. The maximum Gasteiger partial charge on any atom is 0.269 e. The van der Waals surface area contributed by atoms with E-state index < -0.39 is 20.8 Å². The number of carbonyl (C=O) groups excluding carboxylic acids is 1. The fourth-order valence-corrected chi connectivity index (χ4v) is 3.25. The van der Waals surface area contributed by atoms with Crippen LogP contribution in [0.25, 0.3) is 0 Å². The molecule has 0 spiro atoms. The number of nitro groups is 1. The van der Waals surface area contributed by atoms with Crippen LogP contribution in [0.15, 0.2) is 24.3 Å². The van der Waals surface area contributed by atoms with E-state index in [0.29, 0.717) is 0 Å². The van der Waals surface area contributed by atoms with Crippen molar-refractivity contribution in [1.82, 2.24) is 10.2 Å². The molecule has 2 rings (SSSR count). The normalized spacial score (nSPS) is 17.8. The third kappa shape index (κ3) is 5.21. The van der Waals surface area contributed by atoms with Crippen molar-refractivity contribution >= 4 is 46.4 Å². The molecule has 1 heterocycles. The van der Waals surface area contributed by atoms with Crippen LogP contribution >= 0.6 is 34.8 Å². The van der Waals surface area contributed by atoms with Gasteiger partial charge < -0.3 is 5.32 Å². The van der Waals surface area contributed by atoms with Gasteiger partial charge in [-0.25, -0.2) is 0 Å². The van der Waals surface area contributed by atoms with E-state index in [0.717, 1.165) is 38.8 Å². The number of rotatable bonds is 4. The Morgan fingerprint density at radius 2 is 1.67 bits per heavy atom. The molecule has 1 unspecified atom stereocenters. The first-order chi connectivity index (χ1) is 11.3. The fourth-order valence-electron chi connectivity index (χ4n) is 2.68. The van der Waals surface area contributed by atoms with Crippen LogP contribution < -0.4 is 5.32 Å². The monoisotopic (exact) mass is 393 g/mol. The number of non-ortho nitro benzene ring substituents is 1.